The summed E-state index contributed by atoms with van der Waals surface area (Å²) >= 11 is 0. The molecule has 0 spiro atoms. The molecule has 0 unspecified atom stereocenters. The number of aromatic nitrogens is 1. The Balaban J connectivity index is 2.13. The fourth-order valence-corrected chi connectivity index (χ4v) is 1.83. The first-order chi connectivity index (χ1) is 10.1. The SMILES string of the molecule is CCOC(=O)c1ccnc(NCc2cccc(F)c2)c1N. The smallest absolute Gasteiger partial charge is 0.340 e. The molecule has 0 atom stereocenters. The second kappa shape index (κ2) is 6.69. The summed E-state index contributed by atoms with van der Waals surface area (Å²) in [6.07, 6.45) is 1.47. The van der Waals surface area contributed by atoms with Crippen LogP contribution in [-0.2, 0) is 11.3 Å². The molecule has 0 radical (unpaired) electrons. The van der Waals surface area contributed by atoms with Gasteiger partial charge in [-0.2, -0.15) is 0 Å². The molecule has 0 saturated heterocycles. The zero-order chi connectivity index (χ0) is 15.2. The first kappa shape index (κ1) is 14.8. The van der Waals surface area contributed by atoms with Crippen molar-refractivity contribution in [3.63, 3.8) is 0 Å². The fourth-order valence-electron chi connectivity index (χ4n) is 1.83. The minimum atomic E-state index is -0.494. The van der Waals surface area contributed by atoms with Crippen LogP contribution in [0.3, 0.4) is 0 Å². The van der Waals surface area contributed by atoms with E-state index < -0.39 is 5.97 Å². The predicted molar refractivity (Wildman–Crippen MR) is 78.3 cm³/mol. The second-order valence-electron chi connectivity index (χ2n) is 4.32. The average Bonchev–Trinajstić information content (AvgIpc) is 2.46. The number of halogens is 1. The van der Waals surface area contributed by atoms with Gasteiger partial charge in [0, 0.05) is 12.7 Å². The van der Waals surface area contributed by atoms with Crippen molar-refractivity contribution in [1.29, 1.82) is 0 Å². The summed E-state index contributed by atoms with van der Waals surface area (Å²) in [6.45, 7) is 2.34. The van der Waals surface area contributed by atoms with E-state index in [1.165, 1.54) is 24.4 Å². The third-order valence-electron chi connectivity index (χ3n) is 2.83. The van der Waals surface area contributed by atoms with E-state index in [4.69, 9.17) is 10.5 Å². The Morgan fingerprint density at radius 3 is 2.95 bits per heavy atom. The zero-order valence-electron chi connectivity index (χ0n) is 11.6. The minimum absolute atomic E-state index is 0.215. The van der Waals surface area contributed by atoms with Gasteiger partial charge in [-0.25, -0.2) is 14.2 Å². The standard InChI is InChI=1S/C15H16FN3O2/c1-2-21-15(20)12-6-7-18-14(13(12)17)19-9-10-4-3-5-11(16)8-10/h3-8H,2,9,17H2,1H3,(H,18,19). The average molecular weight is 289 g/mol. The molecule has 5 nitrogen and oxygen atoms in total. The number of ether oxygens (including phenoxy) is 1. The predicted octanol–water partition coefficient (Wildman–Crippen LogP) is 2.59. The molecule has 2 rings (SSSR count). The van der Waals surface area contributed by atoms with Gasteiger partial charge in [0.1, 0.15) is 11.6 Å². The van der Waals surface area contributed by atoms with Gasteiger partial charge in [-0.3, -0.25) is 0 Å². The highest BCUT2D eigenvalue weighted by molar-refractivity contribution is 5.97. The summed E-state index contributed by atoms with van der Waals surface area (Å²) in [5.74, 6) is -0.438. The highest BCUT2D eigenvalue weighted by Crippen LogP contribution is 2.21. The number of esters is 1. The molecule has 3 N–H and O–H groups in total. The van der Waals surface area contributed by atoms with E-state index >= 15 is 0 Å². The molecule has 1 aromatic heterocycles. The first-order valence-electron chi connectivity index (χ1n) is 6.51. The van der Waals surface area contributed by atoms with E-state index in [0.717, 1.165) is 5.56 Å². The largest absolute Gasteiger partial charge is 0.462 e. The Morgan fingerprint density at radius 2 is 2.24 bits per heavy atom. The lowest BCUT2D eigenvalue weighted by Gasteiger charge is -2.11. The van der Waals surface area contributed by atoms with Gasteiger partial charge < -0.3 is 15.8 Å². The molecule has 0 bridgehead atoms. The summed E-state index contributed by atoms with van der Waals surface area (Å²) in [4.78, 5) is 15.8. The van der Waals surface area contributed by atoms with Crippen LogP contribution in [0.15, 0.2) is 36.5 Å². The van der Waals surface area contributed by atoms with Gasteiger partial charge in [0.2, 0.25) is 0 Å². The van der Waals surface area contributed by atoms with Gasteiger partial charge >= 0.3 is 5.97 Å². The van der Waals surface area contributed by atoms with Crippen molar-refractivity contribution >= 4 is 17.5 Å². The van der Waals surface area contributed by atoms with Crippen molar-refractivity contribution < 1.29 is 13.9 Å². The van der Waals surface area contributed by atoms with Crippen molar-refractivity contribution in [1.82, 2.24) is 4.98 Å². The summed E-state index contributed by atoms with van der Waals surface area (Å²) in [5, 5.41) is 2.98. The normalized spacial score (nSPS) is 10.2. The Hall–Kier alpha value is -2.63. The summed E-state index contributed by atoms with van der Waals surface area (Å²) < 4.78 is 18.0. The molecule has 1 aromatic carbocycles. The molecule has 0 aliphatic carbocycles. The second-order valence-corrected chi connectivity index (χ2v) is 4.32. The zero-order valence-corrected chi connectivity index (χ0v) is 11.6. The van der Waals surface area contributed by atoms with E-state index in [9.17, 15) is 9.18 Å². The number of anilines is 2. The lowest BCUT2D eigenvalue weighted by Crippen LogP contribution is -2.12. The van der Waals surface area contributed by atoms with Crippen molar-refractivity contribution in [3.05, 3.63) is 53.5 Å². The fraction of sp³-hybridized carbons (Fsp3) is 0.200. The minimum Gasteiger partial charge on any atom is -0.462 e. The Morgan fingerprint density at radius 1 is 1.43 bits per heavy atom. The number of benzene rings is 1. The van der Waals surface area contributed by atoms with Crippen LogP contribution >= 0.6 is 0 Å². The molecule has 0 aliphatic rings. The van der Waals surface area contributed by atoms with Crippen molar-refractivity contribution in [3.8, 4) is 0 Å². The third-order valence-corrected chi connectivity index (χ3v) is 2.83. The number of hydrogen-bond acceptors (Lipinski definition) is 5. The van der Waals surface area contributed by atoms with E-state index in [-0.39, 0.29) is 23.7 Å². The molecular weight excluding hydrogens is 273 g/mol. The van der Waals surface area contributed by atoms with E-state index in [1.54, 1.807) is 19.1 Å². The van der Waals surface area contributed by atoms with Crippen LogP contribution in [0.2, 0.25) is 0 Å². The third kappa shape index (κ3) is 3.68. The Kier molecular flexibility index (Phi) is 4.71. The molecular formula is C15H16FN3O2. The van der Waals surface area contributed by atoms with Crippen LogP contribution in [0.25, 0.3) is 0 Å². The number of rotatable bonds is 5. The molecule has 21 heavy (non-hydrogen) atoms. The molecule has 0 aliphatic heterocycles. The number of carbonyl (C=O) groups excluding carboxylic acids is 1. The number of nitrogens with zero attached hydrogens (tertiary/aromatic N) is 1. The van der Waals surface area contributed by atoms with Gasteiger partial charge in [-0.1, -0.05) is 12.1 Å². The van der Waals surface area contributed by atoms with E-state index in [2.05, 4.69) is 10.3 Å². The monoisotopic (exact) mass is 289 g/mol. The molecule has 110 valence electrons. The van der Waals surface area contributed by atoms with Crippen LogP contribution in [0.5, 0.6) is 0 Å². The van der Waals surface area contributed by atoms with Crippen LogP contribution in [-0.4, -0.2) is 17.6 Å². The Labute approximate surface area is 121 Å². The van der Waals surface area contributed by atoms with Gasteiger partial charge in [0.25, 0.3) is 0 Å². The van der Waals surface area contributed by atoms with Crippen molar-refractivity contribution in [2.75, 3.05) is 17.7 Å². The van der Waals surface area contributed by atoms with Gasteiger partial charge in [0.05, 0.1) is 17.9 Å². The summed E-state index contributed by atoms with van der Waals surface area (Å²) in [7, 11) is 0. The lowest BCUT2D eigenvalue weighted by molar-refractivity contribution is 0.0527. The number of pyridine rings is 1. The molecule has 0 amide bonds. The molecule has 6 heteroatoms. The van der Waals surface area contributed by atoms with Gasteiger partial charge in [0.15, 0.2) is 0 Å². The quantitative estimate of drug-likeness (QED) is 0.827. The van der Waals surface area contributed by atoms with E-state index in [1.807, 2.05) is 0 Å². The van der Waals surface area contributed by atoms with Gasteiger partial charge in [-0.05, 0) is 30.7 Å². The van der Waals surface area contributed by atoms with Crippen LogP contribution in [0, 0.1) is 5.82 Å². The van der Waals surface area contributed by atoms with Crippen LogP contribution < -0.4 is 11.1 Å². The first-order valence-corrected chi connectivity index (χ1v) is 6.51. The van der Waals surface area contributed by atoms with Crippen molar-refractivity contribution in [2.24, 2.45) is 0 Å². The number of nitrogens with one attached hydrogen (secondary N) is 1. The number of carbonyl (C=O) groups is 1. The van der Waals surface area contributed by atoms with Crippen molar-refractivity contribution in [2.45, 2.75) is 13.5 Å². The van der Waals surface area contributed by atoms with Crippen LogP contribution in [0.1, 0.15) is 22.8 Å². The highest BCUT2D eigenvalue weighted by Gasteiger charge is 2.14. The lowest BCUT2D eigenvalue weighted by atomic mass is 10.2. The maximum Gasteiger partial charge on any atom is 0.340 e. The maximum atomic E-state index is 13.1. The number of hydrogen-bond donors (Lipinski definition) is 2. The number of nitrogen functional groups attached to an aromatic ring is 1. The molecule has 0 fully saturated rings. The Bertz CT molecular complexity index is 647. The number of nitrogens with two attached hydrogens (primary N) is 1. The van der Waals surface area contributed by atoms with Crippen LogP contribution in [0.4, 0.5) is 15.9 Å². The molecule has 1 heterocycles. The molecule has 2 aromatic rings. The molecule has 0 saturated carbocycles. The van der Waals surface area contributed by atoms with E-state index in [0.29, 0.717) is 12.4 Å². The van der Waals surface area contributed by atoms with Gasteiger partial charge in [-0.15, -0.1) is 0 Å². The summed E-state index contributed by atoms with van der Waals surface area (Å²) in [5.41, 5.74) is 7.13. The summed E-state index contributed by atoms with van der Waals surface area (Å²) in [6, 6.07) is 7.69. The maximum absolute atomic E-state index is 13.1. The topological polar surface area (TPSA) is 77.2 Å². The highest BCUT2D eigenvalue weighted by atomic mass is 19.1.